The Morgan fingerprint density at radius 3 is 1.97 bits per heavy atom. The summed E-state index contributed by atoms with van der Waals surface area (Å²) < 4.78 is 22.5. The van der Waals surface area contributed by atoms with Crippen LogP contribution in [0, 0.1) is 0 Å². The first-order valence-electron chi connectivity index (χ1n) is 11.0. The van der Waals surface area contributed by atoms with Crippen LogP contribution in [-0.4, -0.2) is 62.0 Å². The lowest BCUT2D eigenvalue weighted by Gasteiger charge is -2.27. The van der Waals surface area contributed by atoms with Gasteiger partial charge in [-0.15, -0.1) is 0 Å². The Bertz CT molecular complexity index is 1070. The molecular formula is C23H33ClN4O5Si2. The third-order valence-electron chi connectivity index (χ3n) is 3.78. The number of benzene rings is 1. The maximum Gasteiger partial charge on any atom is 0.263 e. The van der Waals surface area contributed by atoms with E-state index in [-0.39, 0.29) is 41.6 Å². The lowest BCUT2D eigenvalue weighted by Crippen LogP contribution is -2.39. The molecule has 3 aromatic rings. The van der Waals surface area contributed by atoms with Gasteiger partial charge in [-0.2, -0.15) is 4.98 Å². The van der Waals surface area contributed by atoms with Gasteiger partial charge >= 0.3 is 0 Å². The number of halogens is 1. The first kappa shape index (κ1) is 28.7. The molecule has 0 amide bonds. The molecule has 9 nitrogen and oxygen atoms in total. The van der Waals surface area contributed by atoms with Crippen molar-refractivity contribution in [2.45, 2.75) is 39.3 Å². The Morgan fingerprint density at radius 1 is 0.857 bits per heavy atom. The van der Waals surface area contributed by atoms with Crippen molar-refractivity contribution in [3.63, 3.8) is 0 Å². The fourth-order valence-electron chi connectivity index (χ4n) is 2.98. The number of rotatable bonds is 9. The van der Waals surface area contributed by atoms with E-state index < -0.39 is 16.6 Å². The molecule has 2 aromatic heterocycles. The summed E-state index contributed by atoms with van der Waals surface area (Å²) in [5, 5.41) is 9.07. The lowest BCUT2D eigenvalue weighted by atomic mass is 10.3. The maximum atomic E-state index is 9.06. The van der Waals surface area contributed by atoms with E-state index in [0.717, 1.165) is 0 Å². The highest BCUT2D eigenvalue weighted by Gasteiger charge is 2.24. The molecule has 1 aromatic carbocycles. The van der Waals surface area contributed by atoms with Crippen LogP contribution in [0.4, 0.5) is 0 Å². The molecule has 0 fully saturated rings. The molecule has 0 unspecified atom stereocenters. The second-order valence-electron chi connectivity index (χ2n) is 9.20. The molecule has 2 heterocycles. The van der Waals surface area contributed by atoms with Gasteiger partial charge < -0.3 is 23.4 Å². The summed E-state index contributed by atoms with van der Waals surface area (Å²) in [6.07, 6.45) is 3.13. The van der Waals surface area contributed by atoms with Crippen LogP contribution >= 0.6 is 11.6 Å². The summed E-state index contributed by atoms with van der Waals surface area (Å²) in [4.78, 5) is 16.6. The standard InChI is InChI=1S/C17H15ClN4O4.C6H18OSi2/c1-24-11-5-2-3-6-12(11)26-13-14(18)21-16(15-19-7-4-8-20-15)22-17(13)25-10-9-23;1-8(2,3)7-9(4,5)6/h2-8,23H,9-10H2,1H3;1-6H3. The number of aromatic nitrogens is 4. The van der Waals surface area contributed by atoms with Crippen molar-refractivity contribution in [2.75, 3.05) is 20.3 Å². The van der Waals surface area contributed by atoms with Gasteiger partial charge in [0, 0.05) is 12.4 Å². The van der Waals surface area contributed by atoms with Gasteiger partial charge in [0.25, 0.3) is 5.88 Å². The van der Waals surface area contributed by atoms with Gasteiger partial charge in [0.15, 0.2) is 39.1 Å². The van der Waals surface area contributed by atoms with Gasteiger partial charge in [0.2, 0.25) is 11.6 Å². The molecule has 1 N–H and O–H groups in total. The Hall–Kier alpha value is -2.58. The minimum atomic E-state index is -1.23. The topological polar surface area (TPSA) is 109 Å². The minimum absolute atomic E-state index is 0.00468. The number of ether oxygens (including phenoxy) is 3. The van der Waals surface area contributed by atoms with Crippen molar-refractivity contribution >= 4 is 28.2 Å². The van der Waals surface area contributed by atoms with E-state index in [2.05, 4.69) is 59.2 Å². The summed E-state index contributed by atoms with van der Waals surface area (Å²) >= 11 is 6.29. The first-order chi connectivity index (χ1) is 16.4. The molecule has 3 rings (SSSR count). The minimum Gasteiger partial charge on any atom is -0.493 e. The van der Waals surface area contributed by atoms with Gasteiger partial charge in [-0.3, -0.25) is 0 Å². The smallest absolute Gasteiger partial charge is 0.263 e. The molecule has 0 spiro atoms. The Labute approximate surface area is 213 Å². The summed E-state index contributed by atoms with van der Waals surface area (Å²) in [5.41, 5.74) is 0. The molecule has 35 heavy (non-hydrogen) atoms. The van der Waals surface area contributed by atoms with E-state index in [1.807, 2.05) is 6.07 Å². The SMILES string of the molecule is COc1ccccc1Oc1c(Cl)nc(-c2ncccn2)nc1OCCO.C[Si](C)(C)O[Si](C)(C)C. The number of hydrogen-bond donors (Lipinski definition) is 1. The quantitative estimate of drug-likeness (QED) is 0.282. The molecule has 190 valence electrons. The molecular weight excluding hydrogens is 504 g/mol. The normalized spacial score (nSPS) is 11.3. The van der Waals surface area contributed by atoms with E-state index in [4.69, 9.17) is 35.0 Å². The Balaban J connectivity index is 0.000000410. The van der Waals surface area contributed by atoms with Crippen LogP contribution in [0.1, 0.15) is 0 Å². The second kappa shape index (κ2) is 12.9. The monoisotopic (exact) mass is 536 g/mol. The zero-order chi connectivity index (χ0) is 26.1. The number of aliphatic hydroxyl groups excluding tert-OH is 1. The summed E-state index contributed by atoms with van der Waals surface area (Å²) in [6.45, 7) is 13.3. The van der Waals surface area contributed by atoms with Crippen LogP contribution < -0.4 is 14.2 Å². The van der Waals surface area contributed by atoms with E-state index in [0.29, 0.717) is 11.5 Å². The highest BCUT2D eigenvalue weighted by Crippen LogP contribution is 2.40. The van der Waals surface area contributed by atoms with Gasteiger partial charge in [0.05, 0.1) is 13.7 Å². The summed E-state index contributed by atoms with van der Waals surface area (Å²) in [5.74, 6) is 1.55. The number of nitrogens with zero attached hydrogens (tertiary/aromatic N) is 4. The van der Waals surface area contributed by atoms with Crippen LogP contribution in [-0.2, 0) is 4.12 Å². The molecule has 12 heteroatoms. The van der Waals surface area contributed by atoms with Gasteiger partial charge in [-0.1, -0.05) is 23.7 Å². The largest absolute Gasteiger partial charge is 0.493 e. The second-order valence-corrected chi connectivity index (χ2v) is 18.8. The van der Waals surface area contributed by atoms with Crippen LogP contribution in [0.3, 0.4) is 0 Å². The van der Waals surface area contributed by atoms with Gasteiger partial charge in [-0.25, -0.2) is 15.0 Å². The molecule has 0 bridgehead atoms. The molecule has 0 atom stereocenters. The molecule has 0 aliphatic heterocycles. The Morgan fingerprint density at radius 2 is 1.46 bits per heavy atom. The lowest BCUT2D eigenvalue weighted by molar-refractivity contribution is 0.192. The van der Waals surface area contributed by atoms with Crippen LogP contribution in [0.15, 0.2) is 42.7 Å². The summed E-state index contributed by atoms with van der Waals surface area (Å²) in [6, 6.07) is 8.72. The molecule has 0 aliphatic carbocycles. The zero-order valence-electron chi connectivity index (χ0n) is 21.2. The van der Waals surface area contributed by atoms with Crippen molar-refractivity contribution in [1.82, 2.24) is 19.9 Å². The fourth-order valence-corrected chi connectivity index (χ4v) is 10.5. The predicted molar refractivity (Wildman–Crippen MR) is 141 cm³/mol. The van der Waals surface area contributed by atoms with E-state index in [1.54, 1.807) is 36.7 Å². The van der Waals surface area contributed by atoms with E-state index in [9.17, 15) is 0 Å². The zero-order valence-corrected chi connectivity index (χ0v) is 24.0. The maximum absolute atomic E-state index is 9.06. The predicted octanol–water partition coefficient (Wildman–Crippen LogP) is 5.43. The van der Waals surface area contributed by atoms with Crippen molar-refractivity contribution in [2.24, 2.45) is 0 Å². The van der Waals surface area contributed by atoms with Crippen LogP contribution in [0.25, 0.3) is 11.6 Å². The first-order valence-corrected chi connectivity index (χ1v) is 18.2. The summed E-state index contributed by atoms with van der Waals surface area (Å²) in [7, 11) is -0.935. The van der Waals surface area contributed by atoms with E-state index in [1.165, 1.54) is 7.11 Å². The van der Waals surface area contributed by atoms with Crippen molar-refractivity contribution in [3.8, 4) is 34.8 Å². The molecule has 0 saturated carbocycles. The third-order valence-corrected chi connectivity index (χ3v) is 8.94. The average Bonchev–Trinajstić information content (AvgIpc) is 2.78. The molecule has 0 saturated heterocycles. The number of aliphatic hydroxyl groups is 1. The van der Waals surface area contributed by atoms with E-state index >= 15 is 0 Å². The number of hydrogen-bond acceptors (Lipinski definition) is 9. The van der Waals surface area contributed by atoms with Crippen LogP contribution in [0.5, 0.6) is 23.1 Å². The molecule has 0 radical (unpaired) electrons. The highest BCUT2D eigenvalue weighted by atomic mass is 35.5. The van der Waals surface area contributed by atoms with Gasteiger partial charge in [-0.05, 0) is 57.5 Å². The number of methoxy groups -OCH3 is 1. The van der Waals surface area contributed by atoms with Crippen molar-refractivity contribution < 1.29 is 23.4 Å². The average molecular weight is 537 g/mol. The molecule has 0 aliphatic rings. The van der Waals surface area contributed by atoms with Gasteiger partial charge in [0.1, 0.15) is 6.61 Å². The van der Waals surface area contributed by atoms with Crippen molar-refractivity contribution in [1.29, 1.82) is 0 Å². The fraction of sp³-hybridized carbons (Fsp3) is 0.391. The number of para-hydroxylation sites is 2. The van der Waals surface area contributed by atoms with Crippen LogP contribution in [0.2, 0.25) is 44.4 Å². The Kier molecular flexibility index (Phi) is 10.6. The van der Waals surface area contributed by atoms with Crippen molar-refractivity contribution in [3.05, 3.63) is 47.9 Å². The highest BCUT2D eigenvalue weighted by molar-refractivity contribution is 6.83. The third kappa shape index (κ3) is 9.90.